The van der Waals surface area contributed by atoms with Crippen LogP contribution in [0.1, 0.15) is 92.9 Å². The van der Waals surface area contributed by atoms with Crippen molar-refractivity contribution >= 4 is 5.97 Å². The Labute approximate surface area is 236 Å². The highest BCUT2D eigenvalue weighted by Crippen LogP contribution is 2.61. The Bertz CT molecular complexity index is 1020. The van der Waals surface area contributed by atoms with Gasteiger partial charge in [-0.2, -0.15) is 0 Å². The van der Waals surface area contributed by atoms with Crippen LogP contribution in [0.25, 0.3) is 0 Å². The number of hydrogen-bond acceptors (Lipinski definition) is 10. The topological polar surface area (TPSA) is 111 Å². The zero-order valence-corrected chi connectivity index (χ0v) is 24.6. The fourth-order valence-electron chi connectivity index (χ4n) is 9.65. The highest BCUT2D eigenvalue weighted by molar-refractivity contribution is 5.74. The van der Waals surface area contributed by atoms with Crippen molar-refractivity contribution in [3.05, 3.63) is 0 Å². The predicted molar refractivity (Wildman–Crippen MR) is 137 cm³/mol. The first kappa shape index (κ1) is 28.0. The van der Waals surface area contributed by atoms with Crippen LogP contribution in [-0.4, -0.2) is 52.7 Å². The molecule has 0 aromatic carbocycles. The summed E-state index contributed by atoms with van der Waals surface area (Å²) in [5.41, 5.74) is -1.16. The summed E-state index contributed by atoms with van der Waals surface area (Å²) < 4.78 is 23.4. The van der Waals surface area contributed by atoms with Gasteiger partial charge in [0.1, 0.15) is 0 Å². The summed E-state index contributed by atoms with van der Waals surface area (Å²) in [5.74, 6) is 0.300. The van der Waals surface area contributed by atoms with E-state index in [0.717, 1.165) is 44.9 Å². The molecule has 0 aromatic heterocycles. The zero-order valence-electron chi connectivity index (χ0n) is 24.6. The molecular weight excluding hydrogens is 520 g/mol. The maximum Gasteiger partial charge on any atom is 0.311 e. The summed E-state index contributed by atoms with van der Waals surface area (Å²) >= 11 is 0. The fraction of sp³-hybridized carbons (Fsp3) is 0.967. The Morgan fingerprint density at radius 2 is 1.20 bits per heavy atom. The molecule has 10 aliphatic rings. The highest BCUT2D eigenvalue weighted by Gasteiger charge is 2.71. The van der Waals surface area contributed by atoms with Gasteiger partial charge in [-0.25, -0.2) is 19.6 Å². The summed E-state index contributed by atoms with van der Waals surface area (Å²) in [5, 5.41) is 10.2. The van der Waals surface area contributed by atoms with E-state index in [1.54, 1.807) is 0 Å². The first-order chi connectivity index (χ1) is 18.9. The number of aliphatic hydroxyl groups is 1. The molecule has 2 saturated carbocycles. The largest absolute Gasteiger partial charge is 0.432 e. The normalized spacial score (nSPS) is 59.8. The first-order valence-electron chi connectivity index (χ1n) is 15.6. The number of rotatable bonds is 0. The van der Waals surface area contributed by atoms with Crippen LogP contribution in [0.4, 0.5) is 0 Å². The molecule has 15 atom stereocenters. The summed E-state index contributed by atoms with van der Waals surface area (Å²) in [6, 6.07) is 0. The van der Waals surface area contributed by atoms with Gasteiger partial charge in [-0.1, -0.05) is 27.7 Å². The van der Waals surface area contributed by atoms with Crippen molar-refractivity contribution in [3.8, 4) is 0 Å². The lowest BCUT2D eigenvalue weighted by Crippen LogP contribution is -2.70. The maximum absolute atomic E-state index is 12.1. The Morgan fingerprint density at radius 3 is 1.80 bits per heavy atom. The van der Waals surface area contributed by atoms with E-state index in [9.17, 15) is 9.90 Å². The molecule has 0 aromatic rings. The van der Waals surface area contributed by atoms with Crippen molar-refractivity contribution in [2.45, 2.75) is 135 Å². The highest BCUT2D eigenvalue weighted by atomic mass is 17.3. The van der Waals surface area contributed by atoms with Crippen LogP contribution in [0.3, 0.4) is 0 Å². The molecule has 2 spiro atoms. The van der Waals surface area contributed by atoms with E-state index in [-0.39, 0.29) is 29.6 Å². The van der Waals surface area contributed by atoms with E-state index in [1.807, 2.05) is 27.7 Å². The van der Waals surface area contributed by atoms with Gasteiger partial charge in [-0.05, 0) is 70.1 Å². The minimum Gasteiger partial charge on any atom is -0.432 e. The standard InChI is InChI=1S/C15H24O5.C15H22O5/c2*1-8-4-5-11-9(2)12(16)17-13-15(11)10(8)6-7-14(3,18-13)19-20-15/h8-13,16H,4-7H2,1-3H3;8-11,13H,4-7H2,1-3H3/t8-,9-,10+,11+,12+,13-,14+,15-;8-,9-,10+,11+,13-,14-,15-/m11/s1. The number of carbonyl (C=O) groups is 1. The van der Waals surface area contributed by atoms with Gasteiger partial charge in [-0.15, -0.1) is 0 Å². The van der Waals surface area contributed by atoms with Crippen LogP contribution in [-0.2, 0) is 43.3 Å². The Balaban J connectivity index is 0.000000132. The third-order valence-electron chi connectivity index (χ3n) is 12.1. The smallest absolute Gasteiger partial charge is 0.311 e. The lowest BCUT2D eigenvalue weighted by Gasteiger charge is -2.59. The third kappa shape index (κ3) is 3.79. The molecule has 0 amide bonds. The van der Waals surface area contributed by atoms with Gasteiger partial charge in [-0.3, -0.25) is 4.79 Å². The second kappa shape index (κ2) is 9.32. The monoisotopic (exact) mass is 566 g/mol. The maximum atomic E-state index is 12.1. The van der Waals surface area contributed by atoms with Crippen LogP contribution in [0.5, 0.6) is 0 Å². The summed E-state index contributed by atoms with van der Waals surface area (Å²) in [6.45, 7) is 12.3. The van der Waals surface area contributed by atoms with E-state index in [4.69, 9.17) is 38.5 Å². The van der Waals surface area contributed by atoms with Crippen molar-refractivity contribution in [2.24, 2.45) is 47.3 Å². The van der Waals surface area contributed by atoms with Crippen LogP contribution >= 0.6 is 0 Å². The number of fused-ring (bicyclic) bond motifs is 4. The Hall–Kier alpha value is -0.850. The summed E-state index contributed by atoms with van der Waals surface area (Å²) in [4.78, 5) is 35.3. The molecule has 8 saturated heterocycles. The summed E-state index contributed by atoms with van der Waals surface area (Å²) in [7, 11) is 0. The third-order valence-corrected chi connectivity index (χ3v) is 12.1. The average molecular weight is 567 g/mol. The minimum absolute atomic E-state index is 0.0379. The Morgan fingerprint density at radius 1 is 0.675 bits per heavy atom. The molecule has 10 rings (SSSR count). The molecule has 10 heteroatoms. The van der Waals surface area contributed by atoms with Crippen molar-refractivity contribution < 1.29 is 48.4 Å². The lowest BCUT2D eigenvalue weighted by atomic mass is 9.58. The molecule has 8 heterocycles. The van der Waals surface area contributed by atoms with Gasteiger partial charge in [0.2, 0.25) is 17.9 Å². The minimum atomic E-state index is -0.793. The van der Waals surface area contributed by atoms with Crippen molar-refractivity contribution in [3.63, 3.8) is 0 Å². The van der Waals surface area contributed by atoms with Crippen molar-refractivity contribution in [1.82, 2.24) is 0 Å². The van der Waals surface area contributed by atoms with E-state index < -0.39 is 41.6 Å². The molecule has 10 fully saturated rings. The van der Waals surface area contributed by atoms with Crippen molar-refractivity contribution in [2.75, 3.05) is 0 Å². The van der Waals surface area contributed by atoms with E-state index in [2.05, 4.69) is 13.8 Å². The van der Waals surface area contributed by atoms with Gasteiger partial charge in [0.25, 0.3) is 0 Å². The lowest BCUT2D eigenvalue weighted by molar-refractivity contribution is -0.576. The number of carbonyl (C=O) groups excluding carboxylic acids is 1. The van der Waals surface area contributed by atoms with Crippen LogP contribution in [0.2, 0.25) is 0 Å². The van der Waals surface area contributed by atoms with Gasteiger partial charge in [0, 0.05) is 36.5 Å². The molecule has 8 aliphatic heterocycles. The SMILES string of the molecule is C[C@@H]1CC[C@H]2[C@@H](C)C(=O)O[C@@H]3O[C@@]4(C)CC[C@@H]1[C@]32OO4.C[C@H]1[C@@H](O)O[C@@H]2O[C@]3(C)CC[C@H]4[C@H](C)CC[C@@H]1[C@@]24OO3. The molecule has 40 heavy (non-hydrogen) atoms. The molecule has 0 radical (unpaired) electrons. The fourth-order valence-corrected chi connectivity index (χ4v) is 9.65. The zero-order chi connectivity index (χ0) is 28.2. The van der Waals surface area contributed by atoms with Crippen LogP contribution in [0.15, 0.2) is 0 Å². The molecule has 4 bridgehead atoms. The van der Waals surface area contributed by atoms with Crippen LogP contribution < -0.4 is 0 Å². The molecule has 0 unspecified atom stereocenters. The second-order valence-electron chi connectivity index (χ2n) is 14.4. The molecule has 1 N–H and O–H groups in total. The second-order valence-corrected chi connectivity index (χ2v) is 14.4. The van der Waals surface area contributed by atoms with Gasteiger partial charge < -0.3 is 24.1 Å². The number of hydrogen-bond donors (Lipinski definition) is 1. The van der Waals surface area contributed by atoms with E-state index in [1.165, 1.54) is 6.42 Å². The molecular formula is C30H46O10. The van der Waals surface area contributed by atoms with Crippen LogP contribution in [0, 0.1) is 47.3 Å². The number of aliphatic hydroxyl groups excluding tert-OH is 1. The van der Waals surface area contributed by atoms with Gasteiger partial charge in [0.15, 0.2) is 23.8 Å². The molecule has 2 aliphatic carbocycles. The number of esters is 1. The quantitative estimate of drug-likeness (QED) is 0.330. The van der Waals surface area contributed by atoms with E-state index in [0.29, 0.717) is 23.7 Å². The summed E-state index contributed by atoms with van der Waals surface area (Å²) in [6.07, 6.45) is 5.97. The molecule has 10 nitrogen and oxygen atoms in total. The first-order valence-corrected chi connectivity index (χ1v) is 15.6. The van der Waals surface area contributed by atoms with Gasteiger partial charge >= 0.3 is 5.97 Å². The van der Waals surface area contributed by atoms with E-state index >= 15 is 0 Å². The van der Waals surface area contributed by atoms with Crippen molar-refractivity contribution in [1.29, 1.82) is 0 Å². The molecule has 226 valence electrons. The number of ether oxygens (including phenoxy) is 4. The Kier molecular flexibility index (Phi) is 6.51. The predicted octanol–water partition coefficient (Wildman–Crippen LogP) is 4.58. The average Bonchev–Trinajstić information content (AvgIpc) is 3.28. The van der Waals surface area contributed by atoms with Gasteiger partial charge in [0.05, 0.1) is 5.92 Å².